The SMILES string of the molecule is C=CC[C@H](NC(=O)[C@H](CCCCNC(=O)OC(C)(C)C)NC(=O)[C@H](Cc1ccc(-c2cc3ccccc3c3ccccc23)cc1)NC(C)=O)C(=O)O. The maximum atomic E-state index is 13.7. The standard InChI is InChI=1S/C41H48N4O7/c1-6-13-35(39(49)50)45-37(47)34(18-11-12-23-42-40(51)52-41(3,4)5)44-38(48)36(43-26(2)46)24-27-19-21-28(22-20-27)33-25-29-14-7-8-15-30(29)31-16-9-10-17-32(31)33/h6-10,14-17,19-22,25,34-36H,1,11-13,18,23-24H2,2-5H3,(H,42,51)(H,43,46)(H,44,48)(H,45,47)(H,49,50)/t34-,35-,36-/m0/s1. The van der Waals surface area contributed by atoms with Crippen LogP contribution in [0, 0.1) is 0 Å². The number of carbonyl (C=O) groups excluding carboxylic acids is 4. The maximum Gasteiger partial charge on any atom is 0.407 e. The van der Waals surface area contributed by atoms with Crippen LogP contribution in [-0.4, -0.2) is 65.2 Å². The third-order valence-corrected chi connectivity index (χ3v) is 8.40. The summed E-state index contributed by atoms with van der Waals surface area (Å²) < 4.78 is 5.24. The van der Waals surface area contributed by atoms with Gasteiger partial charge in [0.15, 0.2) is 0 Å². The van der Waals surface area contributed by atoms with Gasteiger partial charge in [0.25, 0.3) is 0 Å². The fourth-order valence-corrected chi connectivity index (χ4v) is 5.98. The summed E-state index contributed by atoms with van der Waals surface area (Å²) in [5.74, 6) is -2.94. The summed E-state index contributed by atoms with van der Waals surface area (Å²) in [7, 11) is 0. The van der Waals surface area contributed by atoms with Crippen molar-refractivity contribution in [3.05, 3.63) is 97.1 Å². The number of amides is 4. The average Bonchev–Trinajstić information content (AvgIpc) is 3.09. The van der Waals surface area contributed by atoms with Crippen molar-refractivity contribution in [2.75, 3.05) is 6.54 Å². The lowest BCUT2D eigenvalue weighted by Gasteiger charge is -2.24. The molecule has 0 saturated heterocycles. The molecule has 0 radical (unpaired) electrons. The zero-order valence-electron chi connectivity index (χ0n) is 30.2. The van der Waals surface area contributed by atoms with E-state index in [1.807, 2.05) is 48.5 Å². The molecule has 0 aromatic heterocycles. The zero-order valence-corrected chi connectivity index (χ0v) is 30.2. The minimum atomic E-state index is -1.24. The number of fused-ring (bicyclic) bond motifs is 3. The van der Waals surface area contributed by atoms with Gasteiger partial charge in [-0.3, -0.25) is 14.4 Å². The van der Waals surface area contributed by atoms with E-state index >= 15 is 0 Å². The molecule has 0 aliphatic carbocycles. The van der Waals surface area contributed by atoms with Crippen LogP contribution < -0.4 is 21.3 Å². The van der Waals surface area contributed by atoms with E-state index in [2.05, 4.69) is 58.2 Å². The number of carboxylic acid groups (broad SMARTS) is 1. The number of carbonyl (C=O) groups is 5. The van der Waals surface area contributed by atoms with Crippen molar-refractivity contribution >= 4 is 51.3 Å². The average molecular weight is 709 g/mol. The van der Waals surface area contributed by atoms with Crippen molar-refractivity contribution in [2.24, 2.45) is 0 Å². The molecular weight excluding hydrogens is 660 g/mol. The van der Waals surface area contributed by atoms with Gasteiger partial charge in [0.1, 0.15) is 23.7 Å². The lowest BCUT2D eigenvalue weighted by Crippen LogP contribution is -2.56. The van der Waals surface area contributed by atoms with Crippen LogP contribution in [0.5, 0.6) is 0 Å². The molecule has 4 rings (SSSR count). The van der Waals surface area contributed by atoms with Gasteiger partial charge < -0.3 is 31.1 Å². The Morgan fingerprint density at radius 2 is 1.40 bits per heavy atom. The normalized spacial score (nSPS) is 13.0. The number of unbranched alkanes of at least 4 members (excludes halogenated alkanes) is 1. The molecule has 0 bridgehead atoms. The predicted octanol–water partition coefficient (Wildman–Crippen LogP) is 6.03. The van der Waals surface area contributed by atoms with Gasteiger partial charge in [-0.05, 0) is 90.8 Å². The molecule has 0 fully saturated rings. The molecule has 0 heterocycles. The van der Waals surface area contributed by atoms with Crippen molar-refractivity contribution in [1.82, 2.24) is 21.3 Å². The highest BCUT2D eigenvalue weighted by atomic mass is 16.6. The van der Waals surface area contributed by atoms with E-state index in [0.717, 1.165) is 32.8 Å². The van der Waals surface area contributed by atoms with Crippen LogP contribution in [0.15, 0.2) is 91.5 Å². The van der Waals surface area contributed by atoms with Crippen molar-refractivity contribution in [3.8, 4) is 11.1 Å². The number of aliphatic carboxylic acids is 1. The summed E-state index contributed by atoms with van der Waals surface area (Å²) in [6, 6.07) is 23.1. The number of hydrogen-bond acceptors (Lipinski definition) is 6. The molecule has 274 valence electrons. The highest BCUT2D eigenvalue weighted by Gasteiger charge is 2.29. The second kappa shape index (κ2) is 18.0. The first-order valence-electron chi connectivity index (χ1n) is 17.4. The van der Waals surface area contributed by atoms with Crippen LogP contribution in [0.1, 0.15) is 58.9 Å². The van der Waals surface area contributed by atoms with Gasteiger partial charge in [-0.15, -0.1) is 6.58 Å². The summed E-state index contributed by atoms with van der Waals surface area (Å²) >= 11 is 0. The summed E-state index contributed by atoms with van der Waals surface area (Å²) in [5, 5.41) is 24.7. The van der Waals surface area contributed by atoms with Gasteiger partial charge in [-0.2, -0.15) is 0 Å². The maximum absolute atomic E-state index is 13.7. The van der Waals surface area contributed by atoms with E-state index in [1.165, 1.54) is 18.4 Å². The summed E-state index contributed by atoms with van der Waals surface area (Å²) in [5.41, 5.74) is 2.20. The topological polar surface area (TPSA) is 163 Å². The Hall–Kier alpha value is -5.71. The Labute approximate surface area is 304 Å². The predicted molar refractivity (Wildman–Crippen MR) is 203 cm³/mol. The van der Waals surface area contributed by atoms with Crippen LogP contribution in [0.25, 0.3) is 32.7 Å². The van der Waals surface area contributed by atoms with Gasteiger partial charge in [-0.25, -0.2) is 9.59 Å². The quantitative estimate of drug-likeness (QED) is 0.0539. The van der Waals surface area contributed by atoms with Crippen molar-refractivity contribution in [2.45, 2.75) is 83.5 Å². The second-order valence-electron chi connectivity index (χ2n) is 13.8. The fraction of sp³-hybridized carbons (Fsp3) is 0.341. The Balaban J connectivity index is 1.49. The van der Waals surface area contributed by atoms with Crippen molar-refractivity contribution in [1.29, 1.82) is 0 Å². The first-order chi connectivity index (χ1) is 24.8. The highest BCUT2D eigenvalue weighted by Crippen LogP contribution is 2.35. The van der Waals surface area contributed by atoms with Gasteiger partial charge in [0, 0.05) is 19.9 Å². The third-order valence-electron chi connectivity index (χ3n) is 8.40. The molecule has 4 amide bonds. The minimum Gasteiger partial charge on any atom is -0.480 e. The third kappa shape index (κ3) is 11.1. The first kappa shape index (κ1) is 39.1. The Morgan fingerprint density at radius 1 is 0.788 bits per heavy atom. The van der Waals surface area contributed by atoms with Gasteiger partial charge in [-0.1, -0.05) is 78.9 Å². The summed E-state index contributed by atoms with van der Waals surface area (Å²) in [6.45, 7) is 10.4. The fourth-order valence-electron chi connectivity index (χ4n) is 5.98. The van der Waals surface area contributed by atoms with Crippen LogP contribution in [0.4, 0.5) is 4.79 Å². The molecule has 11 heteroatoms. The molecule has 5 N–H and O–H groups in total. The molecule has 0 saturated carbocycles. The lowest BCUT2D eigenvalue weighted by atomic mass is 9.92. The molecular formula is C41H48N4O7. The van der Waals surface area contributed by atoms with E-state index in [0.29, 0.717) is 12.8 Å². The molecule has 0 aliphatic rings. The summed E-state index contributed by atoms with van der Waals surface area (Å²) in [6.07, 6.45) is 1.96. The van der Waals surface area contributed by atoms with E-state index in [9.17, 15) is 29.1 Å². The van der Waals surface area contributed by atoms with Crippen LogP contribution in [0.3, 0.4) is 0 Å². The number of alkyl carbamates (subject to hydrolysis) is 1. The molecule has 4 aromatic rings. The van der Waals surface area contributed by atoms with E-state index in [-0.39, 0.29) is 25.8 Å². The molecule has 4 aromatic carbocycles. The number of rotatable bonds is 16. The monoisotopic (exact) mass is 708 g/mol. The Bertz CT molecular complexity index is 1920. The van der Waals surface area contributed by atoms with Crippen LogP contribution >= 0.6 is 0 Å². The van der Waals surface area contributed by atoms with E-state index in [1.54, 1.807) is 20.8 Å². The summed E-state index contributed by atoms with van der Waals surface area (Å²) in [4.78, 5) is 63.0. The van der Waals surface area contributed by atoms with Gasteiger partial charge >= 0.3 is 12.1 Å². The van der Waals surface area contributed by atoms with Gasteiger partial charge in [0.05, 0.1) is 0 Å². The van der Waals surface area contributed by atoms with Crippen molar-refractivity contribution in [3.63, 3.8) is 0 Å². The molecule has 0 unspecified atom stereocenters. The molecule has 0 aliphatic heterocycles. The minimum absolute atomic E-state index is 0.0128. The number of ether oxygens (including phenoxy) is 1. The largest absolute Gasteiger partial charge is 0.480 e. The zero-order chi connectivity index (χ0) is 37.8. The number of nitrogens with one attached hydrogen (secondary N) is 4. The molecule has 11 nitrogen and oxygen atoms in total. The Kier molecular flexibility index (Phi) is 13.5. The van der Waals surface area contributed by atoms with E-state index in [4.69, 9.17) is 4.74 Å². The number of benzene rings is 4. The highest BCUT2D eigenvalue weighted by molar-refractivity contribution is 6.13. The molecule has 3 atom stereocenters. The first-order valence-corrected chi connectivity index (χ1v) is 17.4. The molecule has 0 spiro atoms. The van der Waals surface area contributed by atoms with Gasteiger partial charge in [0.2, 0.25) is 17.7 Å². The van der Waals surface area contributed by atoms with Crippen molar-refractivity contribution < 1.29 is 33.8 Å². The van der Waals surface area contributed by atoms with Crippen LogP contribution in [0.2, 0.25) is 0 Å². The number of carboxylic acids is 1. The van der Waals surface area contributed by atoms with E-state index < -0.39 is 53.5 Å². The number of hydrogen-bond donors (Lipinski definition) is 5. The second-order valence-corrected chi connectivity index (χ2v) is 13.8. The van der Waals surface area contributed by atoms with Crippen LogP contribution in [-0.2, 0) is 30.3 Å². The lowest BCUT2D eigenvalue weighted by molar-refractivity contribution is -0.142. The smallest absolute Gasteiger partial charge is 0.407 e. The Morgan fingerprint density at radius 3 is 2.04 bits per heavy atom. The molecule has 52 heavy (non-hydrogen) atoms.